The summed E-state index contributed by atoms with van der Waals surface area (Å²) in [6, 6.07) is 19.4. The van der Waals surface area contributed by atoms with E-state index in [4.69, 9.17) is 9.26 Å². The van der Waals surface area contributed by atoms with E-state index in [-0.39, 0.29) is 0 Å². The van der Waals surface area contributed by atoms with E-state index in [1.165, 1.54) is 11.8 Å². The summed E-state index contributed by atoms with van der Waals surface area (Å²) >= 11 is 1.47. The molecule has 8 heteroatoms. The summed E-state index contributed by atoms with van der Waals surface area (Å²) in [7, 11) is 1.62. The first-order valence-electron chi connectivity index (χ1n) is 7.91. The van der Waals surface area contributed by atoms with Crippen molar-refractivity contribution in [1.82, 2.24) is 25.4 Å². The third-order valence-electron chi connectivity index (χ3n) is 3.73. The Morgan fingerprint density at radius 3 is 2.73 bits per heavy atom. The second kappa shape index (κ2) is 7.40. The smallest absolute Gasteiger partial charge is 0.214 e. The molecule has 0 aliphatic rings. The number of thioether (sulfide) groups is 1. The highest BCUT2D eigenvalue weighted by atomic mass is 32.2. The molecule has 0 unspecified atom stereocenters. The third-order valence-corrected chi connectivity index (χ3v) is 4.67. The molecule has 0 atom stereocenters. The minimum Gasteiger partial charge on any atom is -0.494 e. The summed E-state index contributed by atoms with van der Waals surface area (Å²) in [6.45, 7) is 0. The molecule has 0 bridgehead atoms. The Hall–Kier alpha value is -3.13. The van der Waals surface area contributed by atoms with Crippen LogP contribution in [0.4, 0.5) is 0 Å². The lowest BCUT2D eigenvalue weighted by Gasteiger charge is -2.08. The summed E-state index contributed by atoms with van der Waals surface area (Å²) in [5.74, 6) is 2.02. The van der Waals surface area contributed by atoms with Gasteiger partial charge in [0, 0.05) is 11.6 Å². The molecule has 0 aliphatic heterocycles. The Kier molecular flexibility index (Phi) is 4.65. The van der Waals surface area contributed by atoms with Gasteiger partial charge in [0.15, 0.2) is 0 Å². The van der Waals surface area contributed by atoms with Gasteiger partial charge < -0.3 is 9.26 Å². The van der Waals surface area contributed by atoms with Crippen LogP contribution < -0.4 is 4.74 Å². The average Bonchev–Trinajstić information content (AvgIpc) is 3.36. The van der Waals surface area contributed by atoms with E-state index in [2.05, 4.69) is 20.7 Å². The molecule has 0 saturated heterocycles. The summed E-state index contributed by atoms with van der Waals surface area (Å²) < 4.78 is 12.5. The van der Waals surface area contributed by atoms with Crippen LogP contribution in [-0.4, -0.2) is 32.5 Å². The van der Waals surface area contributed by atoms with Gasteiger partial charge in [-0.1, -0.05) is 59.4 Å². The Morgan fingerprint density at radius 2 is 1.88 bits per heavy atom. The third kappa shape index (κ3) is 3.31. The van der Waals surface area contributed by atoms with Crippen LogP contribution in [-0.2, 0) is 5.75 Å². The van der Waals surface area contributed by atoms with E-state index in [0.717, 1.165) is 22.7 Å². The molecule has 0 saturated carbocycles. The summed E-state index contributed by atoms with van der Waals surface area (Å²) in [6.07, 6.45) is 0. The number of ether oxygens (including phenoxy) is 1. The van der Waals surface area contributed by atoms with E-state index in [1.54, 1.807) is 11.8 Å². The van der Waals surface area contributed by atoms with Gasteiger partial charge in [0.2, 0.25) is 5.16 Å². The Labute approximate surface area is 154 Å². The maximum Gasteiger partial charge on any atom is 0.214 e. The fourth-order valence-corrected chi connectivity index (χ4v) is 3.25. The van der Waals surface area contributed by atoms with Crippen molar-refractivity contribution >= 4 is 11.8 Å². The molecular weight excluding hydrogens is 350 g/mol. The molecule has 4 rings (SSSR count). The molecule has 0 radical (unpaired) electrons. The number of hydrogen-bond acceptors (Lipinski definition) is 7. The fraction of sp³-hybridized carbons (Fsp3) is 0.111. The molecule has 130 valence electrons. The van der Waals surface area contributed by atoms with Crippen molar-refractivity contribution in [3.63, 3.8) is 0 Å². The first kappa shape index (κ1) is 16.3. The van der Waals surface area contributed by atoms with Gasteiger partial charge in [0.1, 0.15) is 22.9 Å². The van der Waals surface area contributed by atoms with Crippen molar-refractivity contribution in [3.05, 3.63) is 66.4 Å². The van der Waals surface area contributed by atoms with Crippen LogP contribution in [0.25, 0.3) is 16.9 Å². The number of hydrogen-bond donors (Lipinski definition) is 0. The van der Waals surface area contributed by atoms with Crippen molar-refractivity contribution < 1.29 is 9.26 Å². The van der Waals surface area contributed by atoms with Crippen molar-refractivity contribution in [2.24, 2.45) is 0 Å². The van der Waals surface area contributed by atoms with Gasteiger partial charge in [0.25, 0.3) is 0 Å². The molecule has 2 aromatic carbocycles. The van der Waals surface area contributed by atoms with Gasteiger partial charge >= 0.3 is 0 Å². The van der Waals surface area contributed by atoms with Gasteiger partial charge in [-0.25, -0.2) is 0 Å². The monoisotopic (exact) mass is 365 g/mol. The second-order valence-corrected chi connectivity index (χ2v) is 6.32. The molecule has 0 fully saturated rings. The van der Waals surface area contributed by atoms with Crippen molar-refractivity contribution in [2.75, 3.05) is 7.11 Å². The number of nitrogens with zero attached hydrogens (tertiary/aromatic N) is 5. The SMILES string of the molecule is COc1ccccc1-n1nnnc1SCc1cc(-c2ccccc2)no1. The molecule has 7 nitrogen and oxygen atoms in total. The molecule has 0 aliphatic carbocycles. The molecule has 0 spiro atoms. The van der Waals surface area contributed by atoms with Gasteiger partial charge in [-0.05, 0) is 22.6 Å². The number of methoxy groups -OCH3 is 1. The minimum atomic E-state index is 0.565. The summed E-state index contributed by atoms with van der Waals surface area (Å²) in [4.78, 5) is 0. The predicted octanol–water partition coefficient (Wildman–Crippen LogP) is 3.62. The van der Waals surface area contributed by atoms with Crippen LogP contribution in [0.15, 0.2) is 70.3 Å². The maximum absolute atomic E-state index is 5.43. The highest BCUT2D eigenvalue weighted by Gasteiger charge is 2.14. The summed E-state index contributed by atoms with van der Waals surface area (Å²) in [5, 5.41) is 16.7. The molecule has 0 N–H and O–H groups in total. The number of tetrazole rings is 1. The molecule has 2 heterocycles. The van der Waals surface area contributed by atoms with Crippen molar-refractivity contribution in [2.45, 2.75) is 10.9 Å². The predicted molar refractivity (Wildman–Crippen MR) is 97.2 cm³/mol. The average molecular weight is 365 g/mol. The van der Waals surface area contributed by atoms with Gasteiger partial charge in [-0.2, -0.15) is 4.68 Å². The zero-order chi connectivity index (χ0) is 17.8. The lowest BCUT2D eigenvalue weighted by Crippen LogP contribution is -2.01. The number of para-hydroxylation sites is 2. The van der Waals surface area contributed by atoms with Crippen LogP contribution in [0, 0.1) is 0 Å². The van der Waals surface area contributed by atoms with Crippen molar-refractivity contribution in [1.29, 1.82) is 0 Å². The first-order valence-corrected chi connectivity index (χ1v) is 8.89. The standard InChI is InChI=1S/C18H15N5O2S/c1-24-17-10-6-5-9-16(17)23-18(19-21-22-23)26-12-14-11-15(20-25-14)13-7-3-2-4-8-13/h2-11H,12H2,1H3. The summed E-state index contributed by atoms with van der Waals surface area (Å²) in [5.41, 5.74) is 2.61. The number of rotatable bonds is 6. The van der Waals surface area contributed by atoms with Crippen LogP contribution in [0.1, 0.15) is 5.76 Å². The molecular formula is C18H15N5O2S. The fourth-order valence-electron chi connectivity index (χ4n) is 2.49. The highest BCUT2D eigenvalue weighted by molar-refractivity contribution is 7.98. The second-order valence-electron chi connectivity index (χ2n) is 5.38. The normalized spacial score (nSPS) is 10.8. The van der Waals surface area contributed by atoms with Crippen LogP contribution >= 0.6 is 11.8 Å². The van der Waals surface area contributed by atoms with Crippen LogP contribution in [0.3, 0.4) is 0 Å². The van der Waals surface area contributed by atoms with Gasteiger partial charge in [0.05, 0.1) is 12.9 Å². The van der Waals surface area contributed by atoms with E-state index >= 15 is 0 Å². The lowest BCUT2D eigenvalue weighted by atomic mass is 10.1. The number of benzene rings is 2. The molecule has 4 aromatic rings. The lowest BCUT2D eigenvalue weighted by molar-refractivity contribution is 0.397. The Balaban J connectivity index is 1.52. The maximum atomic E-state index is 5.43. The van der Waals surface area contributed by atoms with E-state index in [0.29, 0.717) is 16.7 Å². The van der Waals surface area contributed by atoms with Crippen LogP contribution in [0.2, 0.25) is 0 Å². The van der Waals surface area contributed by atoms with E-state index in [1.807, 2.05) is 60.7 Å². The highest BCUT2D eigenvalue weighted by Crippen LogP contribution is 2.28. The molecule has 0 amide bonds. The van der Waals surface area contributed by atoms with Crippen LogP contribution in [0.5, 0.6) is 5.75 Å². The van der Waals surface area contributed by atoms with Crippen molar-refractivity contribution in [3.8, 4) is 22.7 Å². The molecule has 2 aromatic heterocycles. The topological polar surface area (TPSA) is 78.9 Å². The first-order chi connectivity index (χ1) is 12.8. The molecule has 26 heavy (non-hydrogen) atoms. The Morgan fingerprint density at radius 1 is 1.08 bits per heavy atom. The van der Waals surface area contributed by atoms with Gasteiger partial charge in [-0.15, -0.1) is 5.10 Å². The minimum absolute atomic E-state index is 0.565. The van der Waals surface area contributed by atoms with Gasteiger partial charge in [-0.3, -0.25) is 0 Å². The largest absolute Gasteiger partial charge is 0.494 e. The zero-order valence-corrected chi connectivity index (χ0v) is 14.8. The number of aromatic nitrogens is 5. The van der Waals surface area contributed by atoms with E-state index < -0.39 is 0 Å². The Bertz CT molecular complexity index is 1000. The van der Waals surface area contributed by atoms with E-state index in [9.17, 15) is 0 Å². The zero-order valence-electron chi connectivity index (χ0n) is 13.9. The quantitative estimate of drug-likeness (QED) is 0.483.